The fourth-order valence-corrected chi connectivity index (χ4v) is 3.73. The zero-order valence-electron chi connectivity index (χ0n) is 15.9. The maximum Gasteiger partial charge on any atom is 0.159 e. The van der Waals surface area contributed by atoms with Crippen LogP contribution in [0.5, 0.6) is 0 Å². The van der Waals surface area contributed by atoms with E-state index in [1.165, 1.54) is 12.5 Å². The van der Waals surface area contributed by atoms with Crippen molar-refractivity contribution in [3.63, 3.8) is 0 Å². The first kappa shape index (κ1) is 19.1. The molecule has 1 saturated heterocycles. The van der Waals surface area contributed by atoms with Crippen molar-refractivity contribution in [1.29, 1.82) is 5.26 Å². The highest BCUT2D eigenvalue weighted by molar-refractivity contribution is 5.95. The SMILES string of the molecule is CC(=O)c1ccc(C#N)c(N(C)CC2(O)CCN(Cc3ccccc3)C2)c1. The molecule has 3 rings (SSSR count). The van der Waals surface area contributed by atoms with Crippen LogP contribution < -0.4 is 4.90 Å². The van der Waals surface area contributed by atoms with Gasteiger partial charge in [0.1, 0.15) is 6.07 Å². The van der Waals surface area contributed by atoms with Gasteiger partial charge in [0.05, 0.1) is 16.9 Å². The summed E-state index contributed by atoms with van der Waals surface area (Å²) in [5, 5.41) is 20.5. The van der Waals surface area contributed by atoms with E-state index >= 15 is 0 Å². The van der Waals surface area contributed by atoms with Crippen LogP contribution in [0, 0.1) is 11.3 Å². The molecule has 1 unspecified atom stereocenters. The topological polar surface area (TPSA) is 67.6 Å². The van der Waals surface area contributed by atoms with Gasteiger partial charge in [0.25, 0.3) is 0 Å². The summed E-state index contributed by atoms with van der Waals surface area (Å²) in [7, 11) is 1.86. The molecule has 2 aromatic rings. The van der Waals surface area contributed by atoms with Crippen LogP contribution in [0.3, 0.4) is 0 Å². The Bertz CT molecular complexity index is 860. The number of nitriles is 1. The maximum atomic E-state index is 11.7. The van der Waals surface area contributed by atoms with E-state index in [1.54, 1.807) is 18.2 Å². The van der Waals surface area contributed by atoms with Gasteiger partial charge in [0, 0.05) is 38.8 Å². The van der Waals surface area contributed by atoms with E-state index in [9.17, 15) is 15.2 Å². The van der Waals surface area contributed by atoms with Crippen molar-refractivity contribution in [3.8, 4) is 6.07 Å². The van der Waals surface area contributed by atoms with Crippen molar-refractivity contribution in [1.82, 2.24) is 4.90 Å². The normalized spacial score (nSPS) is 19.6. The molecular weight excluding hydrogens is 338 g/mol. The molecule has 0 bridgehead atoms. The quantitative estimate of drug-likeness (QED) is 0.800. The lowest BCUT2D eigenvalue weighted by Gasteiger charge is -2.31. The van der Waals surface area contributed by atoms with Crippen LogP contribution in [0.15, 0.2) is 48.5 Å². The van der Waals surface area contributed by atoms with Crippen LogP contribution in [0.2, 0.25) is 0 Å². The van der Waals surface area contributed by atoms with E-state index in [1.807, 2.05) is 30.1 Å². The number of nitrogens with zero attached hydrogens (tertiary/aromatic N) is 3. The molecule has 2 aromatic carbocycles. The number of hydrogen-bond donors (Lipinski definition) is 1. The van der Waals surface area contributed by atoms with Crippen LogP contribution >= 0.6 is 0 Å². The summed E-state index contributed by atoms with van der Waals surface area (Å²) in [6.07, 6.45) is 0.679. The number of carbonyl (C=O) groups is 1. The number of rotatable bonds is 6. The summed E-state index contributed by atoms with van der Waals surface area (Å²) in [5.41, 5.74) is 2.14. The smallest absolute Gasteiger partial charge is 0.159 e. The van der Waals surface area contributed by atoms with Gasteiger partial charge in [-0.3, -0.25) is 9.69 Å². The molecule has 0 aliphatic carbocycles. The molecule has 0 amide bonds. The summed E-state index contributed by atoms with van der Waals surface area (Å²) < 4.78 is 0. The van der Waals surface area contributed by atoms with E-state index in [-0.39, 0.29) is 5.78 Å². The van der Waals surface area contributed by atoms with E-state index in [0.717, 1.165) is 13.1 Å². The fourth-order valence-electron chi connectivity index (χ4n) is 3.73. The Kier molecular flexibility index (Phi) is 5.59. The number of likely N-dealkylation sites (N-methyl/N-ethyl adjacent to an activating group) is 1. The van der Waals surface area contributed by atoms with Crippen LogP contribution in [-0.4, -0.2) is 48.1 Å². The van der Waals surface area contributed by atoms with Gasteiger partial charge in [-0.2, -0.15) is 5.26 Å². The van der Waals surface area contributed by atoms with Crippen molar-refractivity contribution in [2.75, 3.05) is 31.6 Å². The summed E-state index contributed by atoms with van der Waals surface area (Å²) in [6.45, 7) is 4.15. The molecule has 5 nitrogen and oxygen atoms in total. The highest BCUT2D eigenvalue weighted by atomic mass is 16.3. The average molecular weight is 363 g/mol. The van der Waals surface area contributed by atoms with Gasteiger partial charge in [-0.1, -0.05) is 30.3 Å². The Balaban J connectivity index is 1.70. The van der Waals surface area contributed by atoms with Crippen LogP contribution in [0.25, 0.3) is 0 Å². The Morgan fingerprint density at radius 3 is 2.70 bits per heavy atom. The Labute approximate surface area is 160 Å². The fraction of sp³-hybridized carbons (Fsp3) is 0.364. The molecule has 1 fully saturated rings. The van der Waals surface area contributed by atoms with Gasteiger partial charge < -0.3 is 10.0 Å². The Morgan fingerprint density at radius 2 is 2.04 bits per heavy atom. The number of hydrogen-bond acceptors (Lipinski definition) is 5. The van der Waals surface area contributed by atoms with Crippen molar-refractivity contribution >= 4 is 11.5 Å². The van der Waals surface area contributed by atoms with Gasteiger partial charge in [-0.15, -0.1) is 0 Å². The third-order valence-corrected chi connectivity index (χ3v) is 5.13. The second kappa shape index (κ2) is 7.91. The van der Waals surface area contributed by atoms with E-state index < -0.39 is 5.60 Å². The van der Waals surface area contributed by atoms with Crippen molar-refractivity contribution in [3.05, 3.63) is 65.2 Å². The molecule has 0 spiro atoms. The molecule has 1 atom stereocenters. The lowest BCUT2D eigenvalue weighted by molar-refractivity contribution is 0.0562. The molecule has 1 aliphatic heterocycles. The molecule has 0 saturated carbocycles. The predicted molar refractivity (Wildman–Crippen MR) is 106 cm³/mol. The molecule has 0 aromatic heterocycles. The number of β-amino-alcohol motifs (C(OH)–C–C–N with tert-alkyl or cyclic N) is 1. The van der Waals surface area contributed by atoms with Crippen LogP contribution in [-0.2, 0) is 6.54 Å². The van der Waals surface area contributed by atoms with Gasteiger partial charge in [-0.05, 0) is 37.1 Å². The molecule has 140 valence electrons. The third-order valence-electron chi connectivity index (χ3n) is 5.13. The molecule has 27 heavy (non-hydrogen) atoms. The number of aliphatic hydroxyl groups is 1. The zero-order valence-corrected chi connectivity index (χ0v) is 15.9. The van der Waals surface area contributed by atoms with E-state index in [4.69, 9.17) is 0 Å². The minimum atomic E-state index is -0.845. The standard InChI is InChI=1S/C22H25N3O2/c1-17(26)19-8-9-20(13-23)21(12-19)24(2)15-22(27)10-11-25(16-22)14-18-6-4-3-5-7-18/h3-9,12,27H,10-11,14-16H2,1-2H3. The molecule has 5 heteroatoms. The van der Waals surface area contributed by atoms with Gasteiger partial charge >= 0.3 is 0 Å². The summed E-state index contributed by atoms with van der Waals surface area (Å²) >= 11 is 0. The Morgan fingerprint density at radius 1 is 1.30 bits per heavy atom. The number of carbonyl (C=O) groups excluding carboxylic acids is 1. The maximum absolute atomic E-state index is 11.7. The Hall–Kier alpha value is -2.68. The van der Waals surface area contributed by atoms with Crippen molar-refractivity contribution < 1.29 is 9.90 Å². The van der Waals surface area contributed by atoms with Crippen LogP contribution in [0.1, 0.15) is 34.8 Å². The second-order valence-corrected chi connectivity index (χ2v) is 7.43. The number of anilines is 1. The number of ketones is 1. The first-order valence-corrected chi connectivity index (χ1v) is 9.15. The van der Waals surface area contributed by atoms with Gasteiger partial charge in [0.15, 0.2) is 5.78 Å². The van der Waals surface area contributed by atoms with Crippen molar-refractivity contribution in [2.24, 2.45) is 0 Å². The average Bonchev–Trinajstić information content (AvgIpc) is 3.02. The second-order valence-electron chi connectivity index (χ2n) is 7.43. The molecule has 0 radical (unpaired) electrons. The van der Waals surface area contributed by atoms with Crippen molar-refractivity contribution in [2.45, 2.75) is 25.5 Å². The number of Topliss-reactive ketones (excluding diaryl/α,β-unsaturated/α-hetero) is 1. The first-order valence-electron chi connectivity index (χ1n) is 9.15. The predicted octanol–water partition coefficient (Wildman–Crippen LogP) is 2.83. The van der Waals surface area contributed by atoms with Gasteiger partial charge in [0.2, 0.25) is 0 Å². The summed E-state index contributed by atoms with van der Waals surface area (Å²) in [4.78, 5) is 15.8. The molecule has 1 heterocycles. The monoisotopic (exact) mass is 363 g/mol. The first-order chi connectivity index (χ1) is 12.9. The highest BCUT2D eigenvalue weighted by Crippen LogP contribution is 2.28. The molecule has 1 aliphatic rings. The summed E-state index contributed by atoms with van der Waals surface area (Å²) in [6, 6.07) is 17.5. The van der Waals surface area contributed by atoms with E-state index in [2.05, 4.69) is 23.1 Å². The summed E-state index contributed by atoms with van der Waals surface area (Å²) in [5.74, 6) is -0.0391. The largest absolute Gasteiger partial charge is 0.387 e. The van der Waals surface area contributed by atoms with Gasteiger partial charge in [-0.25, -0.2) is 0 Å². The number of likely N-dealkylation sites (tertiary alicyclic amines) is 1. The van der Waals surface area contributed by atoms with E-state index in [0.29, 0.717) is 36.3 Å². The minimum absolute atomic E-state index is 0.0391. The lowest BCUT2D eigenvalue weighted by Crippen LogP contribution is -2.44. The molecule has 1 N–H and O–H groups in total. The lowest BCUT2D eigenvalue weighted by atomic mass is 10.0. The highest BCUT2D eigenvalue weighted by Gasteiger charge is 2.37. The zero-order chi connectivity index (χ0) is 19.4. The van der Waals surface area contributed by atoms with Crippen LogP contribution in [0.4, 0.5) is 5.69 Å². The third kappa shape index (κ3) is 4.54. The number of benzene rings is 2. The minimum Gasteiger partial charge on any atom is -0.387 e. The molecular formula is C22H25N3O2.